The van der Waals surface area contributed by atoms with Crippen LogP contribution in [-0.2, 0) is 4.79 Å². The molecule has 0 saturated carbocycles. The molecule has 18 heavy (non-hydrogen) atoms. The van der Waals surface area contributed by atoms with Crippen LogP contribution in [-0.4, -0.2) is 28.0 Å². The lowest BCUT2D eigenvalue weighted by Crippen LogP contribution is -2.40. The third-order valence-electron chi connectivity index (χ3n) is 2.53. The molecular formula is C12H15ClN2O3. The summed E-state index contributed by atoms with van der Waals surface area (Å²) in [5, 5.41) is 11.7. The van der Waals surface area contributed by atoms with Gasteiger partial charge in [-0.3, -0.25) is 14.6 Å². The molecule has 1 rings (SSSR count). The average Bonchev–Trinajstić information content (AvgIpc) is 2.27. The normalized spacial score (nSPS) is 12.2. The lowest BCUT2D eigenvalue weighted by atomic mass is 10.0. The molecule has 98 valence electrons. The number of hydrogen-bond donors (Lipinski definition) is 2. The highest BCUT2D eigenvalue weighted by Gasteiger charge is 2.21. The molecule has 1 amide bonds. The highest BCUT2D eigenvalue weighted by molar-refractivity contribution is 6.33. The predicted octanol–water partition coefficient (Wildman–Crippen LogP) is 1.96. The second-order valence-electron chi connectivity index (χ2n) is 4.28. The van der Waals surface area contributed by atoms with Gasteiger partial charge in [-0.15, -0.1) is 0 Å². The summed E-state index contributed by atoms with van der Waals surface area (Å²) in [6.45, 7) is 3.70. The molecule has 0 aromatic carbocycles. The summed E-state index contributed by atoms with van der Waals surface area (Å²) in [6.07, 6.45) is 2.71. The van der Waals surface area contributed by atoms with Gasteiger partial charge in [-0.25, -0.2) is 0 Å². The molecule has 1 heterocycles. The first-order valence-electron chi connectivity index (χ1n) is 5.54. The van der Waals surface area contributed by atoms with Crippen LogP contribution in [0, 0.1) is 5.92 Å². The smallest absolute Gasteiger partial charge is 0.305 e. The van der Waals surface area contributed by atoms with Crippen molar-refractivity contribution >= 4 is 23.5 Å². The minimum Gasteiger partial charge on any atom is -0.481 e. The standard InChI is InChI=1S/C12H15ClN2O3/c1-7(2)10(5-11(16)17)15-12(18)8-3-4-14-6-9(8)13/h3-4,6-7,10H,5H2,1-2H3,(H,15,18)(H,16,17). The van der Waals surface area contributed by atoms with Gasteiger partial charge in [0.05, 0.1) is 17.0 Å². The van der Waals surface area contributed by atoms with Crippen molar-refractivity contribution in [2.24, 2.45) is 5.92 Å². The summed E-state index contributed by atoms with van der Waals surface area (Å²) < 4.78 is 0. The van der Waals surface area contributed by atoms with E-state index in [1.807, 2.05) is 13.8 Å². The summed E-state index contributed by atoms with van der Waals surface area (Å²) >= 11 is 5.85. The fourth-order valence-electron chi connectivity index (χ4n) is 1.45. The Morgan fingerprint density at radius 3 is 2.67 bits per heavy atom. The maximum Gasteiger partial charge on any atom is 0.305 e. The molecule has 1 aromatic rings. The van der Waals surface area contributed by atoms with E-state index in [4.69, 9.17) is 16.7 Å². The predicted molar refractivity (Wildman–Crippen MR) is 67.6 cm³/mol. The van der Waals surface area contributed by atoms with E-state index in [2.05, 4.69) is 10.3 Å². The lowest BCUT2D eigenvalue weighted by molar-refractivity contribution is -0.137. The number of pyridine rings is 1. The number of carboxylic acid groups (broad SMARTS) is 1. The third kappa shape index (κ3) is 4.00. The van der Waals surface area contributed by atoms with Gasteiger partial charge in [0.2, 0.25) is 0 Å². The van der Waals surface area contributed by atoms with Gasteiger partial charge >= 0.3 is 5.97 Å². The molecule has 1 atom stereocenters. The lowest BCUT2D eigenvalue weighted by Gasteiger charge is -2.20. The van der Waals surface area contributed by atoms with Gasteiger partial charge in [-0.1, -0.05) is 25.4 Å². The van der Waals surface area contributed by atoms with Crippen molar-refractivity contribution in [2.75, 3.05) is 0 Å². The molecule has 6 heteroatoms. The van der Waals surface area contributed by atoms with Gasteiger partial charge in [0.1, 0.15) is 0 Å². The van der Waals surface area contributed by atoms with Crippen molar-refractivity contribution in [2.45, 2.75) is 26.3 Å². The molecule has 0 aliphatic rings. The molecule has 5 nitrogen and oxygen atoms in total. The van der Waals surface area contributed by atoms with Gasteiger partial charge in [-0.05, 0) is 12.0 Å². The summed E-state index contributed by atoms with van der Waals surface area (Å²) in [6, 6.07) is 1.06. The number of aliphatic carboxylic acids is 1. The zero-order valence-electron chi connectivity index (χ0n) is 10.2. The Morgan fingerprint density at radius 1 is 1.50 bits per heavy atom. The molecule has 0 saturated heterocycles. The van der Waals surface area contributed by atoms with E-state index in [-0.39, 0.29) is 23.3 Å². The van der Waals surface area contributed by atoms with Crippen LogP contribution in [0.5, 0.6) is 0 Å². The number of carboxylic acids is 1. The number of nitrogens with one attached hydrogen (secondary N) is 1. The molecule has 0 aliphatic carbocycles. The monoisotopic (exact) mass is 270 g/mol. The molecular weight excluding hydrogens is 256 g/mol. The SMILES string of the molecule is CC(C)C(CC(=O)O)NC(=O)c1ccncc1Cl. The van der Waals surface area contributed by atoms with Crippen molar-refractivity contribution in [3.63, 3.8) is 0 Å². The number of carbonyl (C=O) groups is 2. The summed E-state index contributed by atoms with van der Waals surface area (Å²) in [5.74, 6) is -1.32. The van der Waals surface area contributed by atoms with Gasteiger partial charge in [0.15, 0.2) is 0 Å². The number of amides is 1. The topological polar surface area (TPSA) is 79.3 Å². The molecule has 0 radical (unpaired) electrons. The first-order chi connectivity index (χ1) is 8.41. The molecule has 1 unspecified atom stereocenters. The zero-order chi connectivity index (χ0) is 13.7. The van der Waals surface area contributed by atoms with Gasteiger partial charge in [-0.2, -0.15) is 0 Å². The quantitative estimate of drug-likeness (QED) is 0.857. The van der Waals surface area contributed by atoms with Crippen LogP contribution in [0.1, 0.15) is 30.6 Å². The van der Waals surface area contributed by atoms with Crippen molar-refractivity contribution < 1.29 is 14.7 Å². The van der Waals surface area contributed by atoms with E-state index < -0.39 is 12.0 Å². The molecule has 0 bridgehead atoms. The van der Waals surface area contributed by atoms with Gasteiger partial charge in [0, 0.05) is 18.4 Å². The number of carbonyl (C=O) groups excluding carboxylic acids is 1. The zero-order valence-corrected chi connectivity index (χ0v) is 10.9. The molecule has 0 aliphatic heterocycles. The van der Waals surface area contributed by atoms with Crippen LogP contribution in [0.25, 0.3) is 0 Å². The van der Waals surface area contributed by atoms with Crippen LogP contribution >= 0.6 is 11.6 Å². The highest BCUT2D eigenvalue weighted by atomic mass is 35.5. The average molecular weight is 271 g/mol. The van der Waals surface area contributed by atoms with Crippen molar-refractivity contribution in [1.29, 1.82) is 0 Å². The van der Waals surface area contributed by atoms with E-state index in [9.17, 15) is 9.59 Å². The maximum atomic E-state index is 11.9. The number of nitrogens with zero attached hydrogens (tertiary/aromatic N) is 1. The Kier molecular flexibility index (Phi) is 5.09. The van der Waals surface area contributed by atoms with Crippen molar-refractivity contribution in [1.82, 2.24) is 10.3 Å². The van der Waals surface area contributed by atoms with E-state index in [0.717, 1.165) is 0 Å². The largest absolute Gasteiger partial charge is 0.481 e. The Morgan fingerprint density at radius 2 is 2.17 bits per heavy atom. The van der Waals surface area contributed by atoms with E-state index in [0.29, 0.717) is 5.56 Å². The van der Waals surface area contributed by atoms with Gasteiger partial charge < -0.3 is 10.4 Å². The Balaban J connectivity index is 2.79. The first kappa shape index (κ1) is 14.4. The molecule has 0 fully saturated rings. The minimum atomic E-state index is -0.949. The first-order valence-corrected chi connectivity index (χ1v) is 5.91. The minimum absolute atomic E-state index is 0.0191. The van der Waals surface area contributed by atoms with Crippen LogP contribution in [0.3, 0.4) is 0 Å². The third-order valence-corrected chi connectivity index (χ3v) is 2.83. The molecule has 0 spiro atoms. The fourth-order valence-corrected chi connectivity index (χ4v) is 1.65. The van der Waals surface area contributed by atoms with Crippen LogP contribution in [0.15, 0.2) is 18.5 Å². The van der Waals surface area contributed by atoms with Crippen molar-refractivity contribution in [3.05, 3.63) is 29.0 Å². The van der Waals surface area contributed by atoms with Crippen LogP contribution < -0.4 is 5.32 Å². The van der Waals surface area contributed by atoms with Crippen molar-refractivity contribution in [3.8, 4) is 0 Å². The van der Waals surface area contributed by atoms with Crippen LogP contribution in [0.4, 0.5) is 0 Å². The fraction of sp³-hybridized carbons (Fsp3) is 0.417. The Hall–Kier alpha value is -1.62. The van der Waals surface area contributed by atoms with Gasteiger partial charge in [0.25, 0.3) is 5.91 Å². The summed E-state index contributed by atoms with van der Waals surface area (Å²) in [4.78, 5) is 26.4. The number of halogens is 1. The van der Waals surface area contributed by atoms with Crippen LogP contribution in [0.2, 0.25) is 5.02 Å². The molecule has 1 aromatic heterocycles. The summed E-state index contributed by atoms with van der Waals surface area (Å²) in [7, 11) is 0. The second-order valence-corrected chi connectivity index (χ2v) is 4.68. The van der Waals surface area contributed by atoms with E-state index >= 15 is 0 Å². The summed E-state index contributed by atoms with van der Waals surface area (Å²) in [5.41, 5.74) is 0.294. The Bertz CT molecular complexity index is 449. The van der Waals surface area contributed by atoms with E-state index in [1.54, 1.807) is 0 Å². The maximum absolute atomic E-state index is 11.9. The second kappa shape index (κ2) is 6.35. The molecule has 2 N–H and O–H groups in total. The number of hydrogen-bond acceptors (Lipinski definition) is 3. The van der Waals surface area contributed by atoms with E-state index in [1.165, 1.54) is 18.5 Å². The number of rotatable bonds is 5. The number of aromatic nitrogens is 1. The Labute approximate surface area is 110 Å². The highest BCUT2D eigenvalue weighted by Crippen LogP contribution is 2.14.